The van der Waals surface area contributed by atoms with Crippen molar-refractivity contribution in [2.75, 3.05) is 18.8 Å². The van der Waals surface area contributed by atoms with Gasteiger partial charge in [0, 0.05) is 28.0 Å². The average Bonchev–Trinajstić information content (AvgIpc) is 2.64. The molecule has 0 atom stereocenters. The van der Waals surface area contributed by atoms with E-state index in [1.165, 1.54) is 11.8 Å². The molecule has 0 radical (unpaired) electrons. The van der Waals surface area contributed by atoms with E-state index in [4.69, 9.17) is 0 Å². The minimum absolute atomic E-state index is 0.125. The van der Waals surface area contributed by atoms with Crippen LogP contribution in [0.3, 0.4) is 0 Å². The van der Waals surface area contributed by atoms with E-state index in [0.717, 1.165) is 33.6 Å². The van der Waals surface area contributed by atoms with E-state index in [2.05, 4.69) is 26.6 Å². The van der Waals surface area contributed by atoms with Crippen LogP contribution in [0.15, 0.2) is 57.9 Å². The maximum Gasteiger partial charge on any atom is 0.416 e. The highest BCUT2D eigenvalue weighted by molar-refractivity contribution is 9.10. The third-order valence-electron chi connectivity index (χ3n) is 3.39. The molecule has 0 saturated heterocycles. The van der Waals surface area contributed by atoms with Gasteiger partial charge in [0.25, 0.3) is 5.91 Å². The lowest BCUT2D eigenvalue weighted by atomic mass is 10.1. The normalized spacial score (nSPS) is 11.1. The first-order valence-electron chi connectivity index (χ1n) is 7.86. The number of thioether (sulfide) groups is 1. The largest absolute Gasteiger partial charge is 0.416 e. The number of amides is 2. The number of rotatable bonds is 7. The van der Waals surface area contributed by atoms with Gasteiger partial charge in [-0.3, -0.25) is 9.59 Å². The highest BCUT2D eigenvalue weighted by atomic mass is 79.9. The first-order chi connectivity index (χ1) is 12.8. The fraction of sp³-hybridized carbons (Fsp3) is 0.222. The molecule has 4 nitrogen and oxygen atoms in total. The summed E-state index contributed by atoms with van der Waals surface area (Å²) in [6.07, 6.45) is -4.44. The topological polar surface area (TPSA) is 58.2 Å². The number of hydrogen-bond donors (Lipinski definition) is 2. The van der Waals surface area contributed by atoms with E-state index in [-0.39, 0.29) is 30.3 Å². The van der Waals surface area contributed by atoms with Crippen LogP contribution in [-0.4, -0.2) is 30.7 Å². The zero-order chi connectivity index (χ0) is 19.9. The van der Waals surface area contributed by atoms with Gasteiger partial charge in [0.1, 0.15) is 0 Å². The summed E-state index contributed by atoms with van der Waals surface area (Å²) in [5.74, 6) is -0.428. The number of carbonyl (C=O) groups excluding carboxylic acids is 2. The standard InChI is InChI=1S/C18H16BrF3N2O2S/c19-14-5-7-15(8-6-14)27-11-16(25)23-9-10-24-17(26)12-1-3-13(4-2-12)18(20,21)22/h1-8H,9-11H2,(H,23,25)(H,24,26). The quantitative estimate of drug-likeness (QED) is 0.482. The van der Waals surface area contributed by atoms with Crippen LogP contribution in [0.25, 0.3) is 0 Å². The highest BCUT2D eigenvalue weighted by Crippen LogP contribution is 2.29. The number of hydrogen-bond acceptors (Lipinski definition) is 3. The average molecular weight is 461 g/mol. The van der Waals surface area contributed by atoms with E-state index in [9.17, 15) is 22.8 Å². The third kappa shape index (κ3) is 7.26. The van der Waals surface area contributed by atoms with Crippen molar-refractivity contribution >= 4 is 39.5 Å². The van der Waals surface area contributed by atoms with Crippen molar-refractivity contribution in [3.63, 3.8) is 0 Å². The van der Waals surface area contributed by atoms with Crippen LogP contribution in [0.4, 0.5) is 13.2 Å². The molecule has 0 fully saturated rings. The predicted octanol–water partition coefficient (Wildman–Crippen LogP) is 4.11. The summed E-state index contributed by atoms with van der Waals surface area (Å²) in [4.78, 5) is 24.6. The molecule has 9 heteroatoms. The van der Waals surface area contributed by atoms with Gasteiger partial charge in [-0.1, -0.05) is 15.9 Å². The zero-order valence-electron chi connectivity index (χ0n) is 14.0. The molecule has 0 unspecified atom stereocenters. The summed E-state index contributed by atoms with van der Waals surface area (Å²) < 4.78 is 38.4. The zero-order valence-corrected chi connectivity index (χ0v) is 16.4. The van der Waals surface area contributed by atoms with Crippen LogP contribution < -0.4 is 10.6 Å². The molecule has 2 aromatic rings. The van der Waals surface area contributed by atoms with Gasteiger partial charge < -0.3 is 10.6 Å². The van der Waals surface area contributed by atoms with Gasteiger partial charge in [0.2, 0.25) is 5.91 Å². The molecule has 0 aliphatic rings. The molecular weight excluding hydrogens is 445 g/mol. The smallest absolute Gasteiger partial charge is 0.354 e. The molecular formula is C18H16BrF3N2O2S. The van der Waals surface area contributed by atoms with Gasteiger partial charge in [-0.2, -0.15) is 13.2 Å². The highest BCUT2D eigenvalue weighted by Gasteiger charge is 2.30. The van der Waals surface area contributed by atoms with Crippen molar-refractivity contribution in [1.29, 1.82) is 0 Å². The maximum absolute atomic E-state index is 12.5. The van der Waals surface area contributed by atoms with Crippen LogP contribution in [0.1, 0.15) is 15.9 Å². The van der Waals surface area contributed by atoms with Crippen LogP contribution in [0, 0.1) is 0 Å². The Morgan fingerprint density at radius 1 is 0.926 bits per heavy atom. The van der Waals surface area contributed by atoms with Crippen molar-refractivity contribution in [2.45, 2.75) is 11.1 Å². The Labute approximate surface area is 167 Å². The van der Waals surface area contributed by atoms with Gasteiger partial charge in [-0.25, -0.2) is 0 Å². The van der Waals surface area contributed by atoms with Gasteiger partial charge in [0.05, 0.1) is 11.3 Å². The number of alkyl halides is 3. The molecule has 0 aliphatic heterocycles. The van der Waals surface area contributed by atoms with E-state index in [0.29, 0.717) is 0 Å². The van der Waals surface area contributed by atoms with Crippen LogP contribution >= 0.6 is 27.7 Å². The summed E-state index contributed by atoms with van der Waals surface area (Å²) in [6.45, 7) is 0.403. The minimum Gasteiger partial charge on any atom is -0.354 e. The molecule has 0 heterocycles. The Kier molecular flexibility index (Phi) is 7.73. The van der Waals surface area contributed by atoms with Gasteiger partial charge >= 0.3 is 6.18 Å². The Morgan fingerprint density at radius 2 is 1.52 bits per heavy atom. The molecule has 0 aromatic heterocycles. The van der Waals surface area contributed by atoms with Gasteiger partial charge in [-0.15, -0.1) is 11.8 Å². The fourth-order valence-electron chi connectivity index (χ4n) is 2.02. The molecule has 27 heavy (non-hydrogen) atoms. The summed E-state index contributed by atoms with van der Waals surface area (Å²) >= 11 is 4.72. The lowest BCUT2D eigenvalue weighted by Crippen LogP contribution is -2.35. The van der Waals surface area contributed by atoms with Crippen LogP contribution in [0.2, 0.25) is 0 Å². The number of carbonyl (C=O) groups is 2. The Balaban J connectivity index is 1.67. The summed E-state index contributed by atoms with van der Waals surface area (Å²) in [5.41, 5.74) is -0.685. The van der Waals surface area contributed by atoms with E-state index >= 15 is 0 Å². The SMILES string of the molecule is O=C(CSc1ccc(Br)cc1)NCCNC(=O)c1ccc(C(F)(F)F)cc1. The van der Waals surface area contributed by atoms with Crippen molar-refractivity contribution < 1.29 is 22.8 Å². The monoisotopic (exact) mass is 460 g/mol. The second-order valence-electron chi connectivity index (χ2n) is 5.42. The molecule has 2 aromatic carbocycles. The van der Waals surface area contributed by atoms with Crippen LogP contribution in [-0.2, 0) is 11.0 Å². The predicted molar refractivity (Wildman–Crippen MR) is 102 cm³/mol. The third-order valence-corrected chi connectivity index (χ3v) is 4.93. The molecule has 0 spiro atoms. The van der Waals surface area contributed by atoms with Crippen LogP contribution in [0.5, 0.6) is 0 Å². The maximum atomic E-state index is 12.5. The molecule has 0 aliphatic carbocycles. The molecule has 2 amide bonds. The second kappa shape index (κ2) is 9.80. The lowest BCUT2D eigenvalue weighted by Gasteiger charge is -2.09. The Bertz CT molecular complexity index is 781. The molecule has 0 bridgehead atoms. The van der Waals surface area contributed by atoms with Gasteiger partial charge in [-0.05, 0) is 48.5 Å². The van der Waals surface area contributed by atoms with E-state index in [1.807, 2.05) is 24.3 Å². The lowest BCUT2D eigenvalue weighted by molar-refractivity contribution is -0.137. The van der Waals surface area contributed by atoms with Crippen molar-refractivity contribution in [3.05, 3.63) is 64.1 Å². The first kappa shape index (κ1) is 21.3. The number of halogens is 4. The van der Waals surface area contributed by atoms with Crippen molar-refractivity contribution in [1.82, 2.24) is 10.6 Å². The van der Waals surface area contributed by atoms with E-state index in [1.54, 1.807) is 0 Å². The first-order valence-corrected chi connectivity index (χ1v) is 9.64. The molecule has 144 valence electrons. The van der Waals surface area contributed by atoms with E-state index < -0.39 is 17.6 Å². The second-order valence-corrected chi connectivity index (χ2v) is 7.39. The number of nitrogens with one attached hydrogen (secondary N) is 2. The Hall–Kier alpha value is -2.00. The summed E-state index contributed by atoms with van der Waals surface area (Å²) in [6, 6.07) is 11.5. The van der Waals surface area contributed by atoms with Crippen molar-refractivity contribution in [3.8, 4) is 0 Å². The molecule has 2 rings (SSSR count). The summed E-state index contributed by atoms with van der Waals surface area (Å²) in [7, 11) is 0. The molecule has 2 N–H and O–H groups in total. The Morgan fingerprint density at radius 3 is 2.11 bits per heavy atom. The fourth-order valence-corrected chi connectivity index (χ4v) is 3.01. The molecule has 0 saturated carbocycles. The van der Waals surface area contributed by atoms with Crippen molar-refractivity contribution in [2.24, 2.45) is 0 Å². The van der Waals surface area contributed by atoms with Gasteiger partial charge in [0.15, 0.2) is 0 Å². The minimum atomic E-state index is -4.44. The summed E-state index contributed by atoms with van der Waals surface area (Å²) in [5, 5.41) is 5.21. The number of benzene rings is 2.